The smallest absolute Gasteiger partial charge is 0.459 e. The summed E-state index contributed by atoms with van der Waals surface area (Å²) < 4.78 is 69.7. The van der Waals surface area contributed by atoms with Crippen molar-refractivity contribution >= 4 is 25.5 Å². The van der Waals surface area contributed by atoms with Crippen LogP contribution in [0.1, 0.15) is 34.6 Å². The molecule has 0 saturated carbocycles. The topological polar surface area (TPSA) is 258 Å². The number of benzene rings is 1. The SMILES string of the molecule is C=C1NC(=O)C=CN1[C@@H]1O[C@](F)(CO)[C@@H](O)[C@@]1(C)O.C=C1NC(=O)C=CN1[C@@H]1O[C@](F)(COP(=O)(NC(C)C(=O)OC(C)C)Oc2ccccc2)[C@@H](O)[C@@]1(C)O. The van der Waals surface area contributed by atoms with Crippen LogP contribution in [0, 0.1) is 0 Å². The summed E-state index contributed by atoms with van der Waals surface area (Å²) in [6.07, 6.45) is -2.82. The van der Waals surface area contributed by atoms with Crippen LogP contribution in [0.2, 0.25) is 0 Å². The number of amides is 2. The highest BCUT2D eigenvalue weighted by molar-refractivity contribution is 7.52. The molecular formula is C34H46F2N5O14P. The molecular weight excluding hydrogens is 771 g/mol. The molecule has 0 aromatic heterocycles. The molecule has 2 fully saturated rings. The molecule has 4 aliphatic heterocycles. The van der Waals surface area contributed by atoms with Crippen LogP contribution in [0.15, 0.2) is 79.7 Å². The summed E-state index contributed by atoms with van der Waals surface area (Å²) in [5.74, 6) is -7.45. The molecule has 4 heterocycles. The van der Waals surface area contributed by atoms with Gasteiger partial charge in [0.05, 0.1) is 6.10 Å². The minimum Gasteiger partial charge on any atom is -0.462 e. The third-order valence-corrected chi connectivity index (χ3v) is 10.3. The maximum absolute atomic E-state index is 15.9. The summed E-state index contributed by atoms with van der Waals surface area (Å²) >= 11 is 0. The molecule has 0 aliphatic carbocycles. The van der Waals surface area contributed by atoms with Gasteiger partial charge in [0.1, 0.15) is 60.1 Å². The van der Waals surface area contributed by atoms with Gasteiger partial charge in [0.15, 0.2) is 12.5 Å². The normalized spacial score (nSPS) is 34.4. The van der Waals surface area contributed by atoms with E-state index in [1.807, 2.05) is 0 Å². The first kappa shape index (κ1) is 44.4. The van der Waals surface area contributed by atoms with Gasteiger partial charge in [-0.25, -0.2) is 13.3 Å². The Hall–Kier alpha value is -4.28. The number of ether oxygens (including phenoxy) is 3. The number of para-hydroxylation sites is 1. The van der Waals surface area contributed by atoms with E-state index in [9.17, 15) is 43.8 Å². The maximum atomic E-state index is 15.9. The van der Waals surface area contributed by atoms with Gasteiger partial charge in [-0.15, -0.1) is 0 Å². The van der Waals surface area contributed by atoms with Gasteiger partial charge in [-0.2, -0.15) is 5.09 Å². The molecule has 19 nitrogen and oxygen atoms in total. The lowest BCUT2D eigenvalue weighted by molar-refractivity contribution is -0.210. The van der Waals surface area contributed by atoms with Crippen molar-refractivity contribution in [2.75, 3.05) is 13.2 Å². The summed E-state index contributed by atoms with van der Waals surface area (Å²) in [5, 5.41) is 57.5. The van der Waals surface area contributed by atoms with Gasteiger partial charge < -0.3 is 64.7 Å². The second kappa shape index (κ2) is 16.7. The average molecular weight is 818 g/mol. The molecule has 22 heteroatoms. The first-order valence-electron chi connectivity index (χ1n) is 16.9. The summed E-state index contributed by atoms with van der Waals surface area (Å²) in [7, 11) is -4.50. The number of hydrogen-bond acceptors (Lipinski definition) is 16. The van der Waals surface area contributed by atoms with E-state index in [4.69, 9.17) is 28.4 Å². The number of aliphatic hydroxyl groups is 5. The Morgan fingerprint density at radius 3 is 1.82 bits per heavy atom. The van der Waals surface area contributed by atoms with Gasteiger partial charge in [0.2, 0.25) is 0 Å². The van der Waals surface area contributed by atoms with Crippen molar-refractivity contribution < 1.29 is 76.5 Å². The third-order valence-electron chi connectivity index (χ3n) is 8.65. The fourth-order valence-corrected chi connectivity index (χ4v) is 7.22. The number of carbonyl (C=O) groups is 3. The van der Waals surface area contributed by atoms with Crippen LogP contribution in [0.25, 0.3) is 0 Å². The molecule has 1 aromatic carbocycles. The average Bonchev–Trinajstić information content (AvgIpc) is 3.41. The van der Waals surface area contributed by atoms with Gasteiger partial charge in [0.25, 0.3) is 23.5 Å². The second-order valence-electron chi connectivity index (χ2n) is 13.8. The van der Waals surface area contributed by atoms with Gasteiger partial charge >= 0.3 is 13.7 Å². The number of hydrogen-bond donors (Lipinski definition) is 8. The Kier molecular flexibility index (Phi) is 13.2. The molecule has 10 atom stereocenters. The van der Waals surface area contributed by atoms with Crippen LogP contribution < -0.4 is 20.2 Å². The van der Waals surface area contributed by atoms with Crippen LogP contribution >= 0.6 is 7.75 Å². The van der Waals surface area contributed by atoms with E-state index in [2.05, 4.69) is 28.9 Å². The number of nitrogens with zero attached hydrogens (tertiary/aromatic N) is 2. The fraction of sp³-hybridized carbons (Fsp3) is 0.500. The fourth-order valence-electron chi connectivity index (χ4n) is 5.71. The summed E-state index contributed by atoms with van der Waals surface area (Å²) in [6, 6.07) is 6.60. The lowest BCUT2D eigenvalue weighted by Crippen LogP contribution is -2.54. The van der Waals surface area contributed by atoms with E-state index in [1.54, 1.807) is 32.0 Å². The zero-order valence-electron chi connectivity index (χ0n) is 31.0. The van der Waals surface area contributed by atoms with Crippen molar-refractivity contribution in [2.24, 2.45) is 0 Å². The van der Waals surface area contributed by atoms with Crippen molar-refractivity contribution in [1.82, 2.24) is 25.5 Å². The number of carbonyl (C=O) groups excluding carboxylic acids is 3. The van der Waals surface area contributed by atoms with Gasteiger partial charge in [-0.05, 0) is 46.8 Å². The molecule has 1 aromatic rings. The third kappa shape index (κ3) is 9.46. The van der Waals surface area contributed by atoms with Crippen molar-refractivity contribution in [3.63, 3.8) is 0 Å². The monoisotopic (exact) mass is 817 g/mol. The standard InChI is InChI=1S/C23H31FN3O9P.C11H15FN2O5/c1-14(2)34-19(29)15(3)26-37(32,36-17-9-7-6-8-10-17)33-13-23(24)20(30)22(5,31)21(35-23)27-12-11-18(28)25-16(27)4;1-6-13-7(16)3-4-14(6)9-10(2,18)8(17)11(12,5-15)19-9/h6-12,14-15,20-21,30-31H,4,13H2,1-3,5H3,(H,25,28)(H,26,32);3-4,8-9,15,17-18H,1,5H2,2H3,(H,13,16)/t15?,20-,21+,22+,23+,37?;8-,9+,10+,11+/m00/s1. The van der Waals surface area contributed by atoms with Crippen LogP contribution in [0.4, 0.5) is 8.78 Å². The van der Waals surface area contributed by atoms with E-state index in [0.717, 1.165) is 30.9 Å². The van der Waals surface area contributed by atoms with E-state index in [1.165, 1.54) is 36.4 Å². The van der Waals surface area contributed by atoms with Crippen LogP contribution in [-0.4, -0.2) is 126 Å². The van der Waals surface area contributed by atoms with E-state index >= 15 is 4.39 Å². The molecule has 8 N–H and O–H groups in total. The van der Waals surface area contributed by atoms with Crippen molar-refractivity contribution in [3.05, 3.63) is 79.7 Å². The Bertz CT molecular complexity index is 1780. The number of alkyl halides is 2. The zero-order valence-corrected chi connectivity index (χ0v) is 31.9. The second-order valence-corrected chi connectivity index (χ2v) is 15.5. The van der Waals surface area contributed by atoms with Crippen molar-refractivity contribution in [2.45, 2.75) is 94.3 Å². The molecule has 56 heavy (non-hydrogen) atoms. The van der Waals surface area contributed by atoms with E-state index in [0.29, 0.717) is 0 Å². The van der Waals surface area contributed by atoms with Crippen molar-refractivity contribution in [3.8, 4) is 5.75 Å². The number of esters is 1. The molecule has 310 valence electrons. The van der Waals surface area contributed by atoms with Crippen LogP contribution in [0.3, 0.4) is 0 Å². The Morgan fingerprint density at radius 2 is 1.39 bits per heavy atom. The van der Waals surface area contributed by atoms with E-state index < -0.39 is 98.5 Å². The Balaban J connectivity index is 0.000000306. The number of rotatable bonds is 12. The molecule has 2 amide bonds. The lowest BCUT2D eigenvalue weighted by Gasteiger charge is -2.36. The summed E-state index contributed by atoms with van der Waals surface area (Å²) in [4.78, 5) is 37.2. The van der Waals surface area contributed by atoms with Crippen LogP contribution in [0.5, 0.6) is 5.75 Å². The molecule has 4 aliphatic rings. The first-order valence-corrected chi connectivity index (χ1v) is 18.5. The predicted octanol–water partition coefficient (Wildman–Crippen LogP) is 0.200. The molecule has 2 unspecified atom stereocenters. The Morgan fingerprint density at radius 1 is 0.929 bits per heavy atom. The highest BCUT2D eigenvalue weighted by atomic mass is 31.2. The lowest BCUT2D eigenvalue weighted by atomic mass is 9.95. The quantitative estimate of drug-likeness (QED) is 0.104. The summed E-state index contributed by atoms with van der Waals surface area (Å²) in [6.45, 7) is 11.8. The van der Waals surface area contributed by atoms with Gasteiger partial charge in [0, 0.05) is 24.6 Å². The highest BCUT2D eigenvalue weighted by Gasteiger charge is 2.65. The minimum atomic E-state index is -4.50. The molecule has 2 saturated heterocycles. The highest BCUT2D eigenvalue weighted by Crippen LogP contribution is 2.49. The first-order chi connectivity index (χ1) is 25.9. The molecule has 0 radical (unpaired) electrons. The van der Waals surface area contributed by atoms with Crippen molar-refractivity contribution in [1.29, 1.82) is 0 Å². The minimum absolute atomic E-state index is 0.0348. The molecule has 5 rings (SSSR count). The van der Waals surface area contributed by atoms with E-state index in [-0.39, 0.29) is 17.4 Å². The number of aliphatic hydroxyl groups excluding tert-OH is 3. The van der Waals surface area contributed by atoms with Gasteiger partial charge in [-0.3, -0.25) is 18.9 Å². The predicted molar refractivity (Wildman–Crippen MR) is 189 cm³/mol. The van der Waals surface area contributed by atoms with Gasteiger partial charge in [-0.1, -0.05) is 31.4 Å². The number of halogens is 2. The molecule has 0 bridgehead atoms. The maximum Gasteiger partial charge on any atom is 0.459 e. The Labute approximate surface area is 320 Å². The summed E-state index contributed by atoms with van der Waals surface area (Å²) in [5.41, 5.74) is -4.24. The largest absolute Gasteiger partial charge is 0.462 e. The van der Waals surface area contributed by atoms with Crippen LogP contribution in [-0.2, 0) is 37.7 Å². The number of nitrogens with one attached hydrogen (secondary N) is 3. The zero-order chi connectivity index (χ0) is 42.0. The molecule has 0 spiro atoms.